The van der Waals surface area contributed by atoms with Crippen LogP contribution in [0.25, 0.3) is 16.6 Å². The molecule has 1 amide bonds. The van der Waals surface area contributed by atoms with Crippen LogP contribution in [-0.2, 0) is 11.3 Å². The van der Waals surface area contributed by atoms with Crippen LogP contribution in [0.3, 0.4) is 0 Å². The molecule has 1 N–H and O–H groups in total. The van der Waals surface area contributed by atoms with Gasteiger partial charge in [-0.2, -0.15) is 5.10 Å². The van der Waals surface area contributed by atoms with Gasteiger partial charge in [-0.25, -0.2) is 4.98 Å². The van der Waals surface area contributed by atoms with Crippen molar-refractivity contribution in [1.29, 1.82) is 0 Å². The van der Waals surface area contributed by atoms with Crippen molar-refractivity contribution in [3.8, 4) is 5.75 Å². The minimum absolute atomic E-state index is 0.260. The van der Waals surface area contributed by atoms with Crippen LogP contribution in [0.5, 0.6) is 5.75 Å². The lowest BCUT2D eigenvalue weighted by Crippen LogP contribution is -2.14. The molecule has 4 heterocycles. The summed E-state index contributed by atoms with van der Waals surface area (Å²) in [6.07, 6.45) is 6.88. The zero-order chi connectivity index (χ0) is 23.5. The second-order valence-corrected chi connectivity index (χ2v) is 7.82. The molecule has 0 bridgehead atoms. The third-order valence-corrected chi connectivity index (χ3v) is 5.65. The number of nitrogens with one attached hydrogen (secondary N) is 1. The lowest BCUT2D eigenvalue weighted by Gasteiger charge is -2.09. The molecule has 0 aliphatic carbocycles. The highest BCUT2D eigenvalue weighted by molar-refractivity contribution is 6.08. The number of imidazole rings is 1. The fraction of sp³-hybridized carbons (Fsp3) is 0.200. The summed E-state index contributed by atoms with van der Waals surface area (Å²) in [4.78, 5) is 21.8. The fourth-order valence-electron chi connectivity index (χ4n) is 3.83. The van der Waals surface area contributed by atoms with Crippen LogP contribution in [0.2, 0.25) is 0 Å². The Morgan fingerprint density at radius 3 is 2.85 bits per heavy atom. The molecular formula is C25H24N6O3. The van der Waals surface area contributed by atoms with Gasteiger partial charge in [-0.3, -0.25) is 18.9 Å². The number of benzene rings is 1. The number of methoxy groups -OCH3 is 1. The number of hydrogen-bond acceptors (Lipinski definition) is 6. The number of hydrogen-bond donors (Lipinski definition) is 1. The third kappa shape index (κ3) is 4.20. The minimum Gasteiger partial charge on any atom is -0.491 e. The van der Waals surface area contributed by atoms with E-state index in [0.717, 1.165) is 22.2 Å². The second-order valence-electron chi connectivity index (χ2n) is 7.82. The van der Waals surface area contributed by atoms with E-state index in [1.807, 2.05) is 41.9 Å². The van der Waals surface area contributed by atoms with Gasteiger partial charge in [-0.15, -0.1) is 0 Å². The molecule has 4 aromatic heterocycles. The van der Waals surface area contributed by atoms with Gasteiger partial charge < -0.3 is 14.8 Å². The third-order valence-electron chi connectivity index (χ3n) is 5.65. The summed E-state index contributed by atoms with van der Waals surface area (Å²) in [5.41, 5.74) is 4.73. The highest BCUT2D eigenvalue weighted by Crippen LogP contribution is 2.25. The van der Waals surface area contributed by atoms with Gasteiger partial charge in [0.05, 0.1) is 36.7 Å². The number of aromatic nitrogens is 5. The fourth-order valence-corrected chi connectivity index (χ4v) is 3.83. The number of anilines is 1. The molecule has 0 saturated carbocycles. The van der Waals surface area contributed by atoms with E-state index in [-0.39, 0.29) is 5.91 Å². The molecule has 0 spiro atoms. The molecule has 0 fully saturated rings. The van der Waals surface area contributed by atoms with Crippen molar-refractivity contribution in [2.24, 2.45) is 0 Å². The summed E-state index contributed by atoms with van der Waals surface area (Å²) in [6, 6.07) is 13.3. The first-order chi connectivity index (χ1) is 16.6. The van der Waals surface area contributed by atoms with Gasteiger partial charge in [0.25, 0.3) is 5.91 Å². The number of carbonyl (C=O) groups excluding carboxylic acids is 1. The number of carbonyl (C=O) groups is 1. The predicted octanol–water partition coefficient (Wildman–Crippen LogP) is 3.71. The monoisotopic (exact) mass is 456 g/mol. The molecule has 0 saturated heterocycles. The van der Waals surface area contributed by atoms with Crippen molar-refractivity contribution < 1.29 is 14.3 Å². The molecule has 5 rings (SSSR count). The van der Waals surface area contributed by atoms with E-state index in [4.69, 9.17) is 9.47 Å². The van der Waals surface area contributed by atoms with Crippen molar-refractivity contribution in [1.82, 2.24) is 24.1 Å². The van der Waals surface area contributed by atoms with Crippen LogP contribution in [0.4, 0.5) is 5.69 Å². The van der Waals surface area contributed by atoms with E-state index < -0.39 is 0 Å². The zero-order valence-electron chi connectivity index (χ0n) is 18.9. The van der Waals surface area contributed by atoms with Gasteiger partial charge in [0.15, 0.2) is 0 Å². The maximum atomic E-state index is 13.1. The first-order valence-electron chi connectivity index (χ1n) is 10.9. The number of nitrogens with zero attached hydrogens (tertiary/aromatic N) is 5. The number of ether oxygens (including phenoxy) is 2. The van der Waals surface area contributed by atoms with Crippen LogP contribution in [-0.4, -0.2) is 50.4 Å². The number of rotatable bonds is 8. The first-order valence-corrected chi connectivity index (χ1v) is 10.9. The van der Waals surface area contributed by atoms with Crippen molar-refractivity contribution in [3.63, 3.8) is 0 Å². The summed E-state index contributed by atoms with van der Waals surface area (Å²) in [5.74, 6) is 0.409. The summed E-state index contributed by atoms with van der Waals surface area (Å²) in [6.45, 7) is 3.52. The Morgan fingerprint density at radius 2 is 2.00 bits per heavy atom. The van der Waals surface area contributed by atoms with Gasteiger partial charge in [0, 0.05) is 36.7 Å². The van der Waals surface area contributed by atoms with Crippen LogP contribution in [0, 0.1) is 6.92 Å². The molecule has 9 nitrogen and oxygen atoms in total. The summed E-state index contributed by atoms with van der Waals surface area (Å²) >= 11 is 0. The Morgan fingerprint density at radius 1 is 1.09 bits per heavy atom. The van der Waals surface area contributed by atoms with Crippen molar-refractivity contribution in [3.05, 3.63) is 84.2 Å². The molecule has 34 heavy (non-hydrogen) atoms. The van der Waals surface area contributed by atoms with Gasteiger partial charge in [0.2, 0.25) is 0 Å². The number of amides is 1. The average Bonchev–Trinajstić information content (AvgIpc) is 3.45. The topological polar surface area (TPSA) is 95.6 Å². The van der Waals surface area contributed by atoms with E-state index in [0.29, 0.717) is 42.5 Å². The standard InChI is InChI=1S/C25H24N6O3/c1-17-18(5-4-9-26-17)16-31-22-7-3-6-21(20(22)14-28-31)29-25(32)23-15-27-24-13-19(8-10-30(23)24)34-12-11-33-2/h3-10,13-15H,11-12,16H2,1-2H3,(H,29,32). The molecule has 0 aliphatic heterocycles. The molecule has 0 aliphatic rings. The quantitative estimate of drug-likeness (QED) is 0.358. The molecule has 9 heteroatoms. The lowest BCUT2D eigenvalue weighted by atomic mass is 10.2. The molecule has 0 unspecified atom stereocenters. The normalized spacial score (nSPS) is 11.2. The van der Waals surface area contributed by atoms with Crippen LogP contribution in [0.15, 0.2) is 67.3 Å². The summed E-state index contributed by atoms with van der Waals surface area (Å²) < 4.78 is 14.3. The summed E-state index contributed by atoms with van der Waals surface area (Å²) in [7, 11) is 1.62. The van der Waals surface area contributed by atoms with Gasteiger partial charge in [0.1, 0.15) is 23.7 Å². The maximum absolute atomic E-state index is 13.1. The van der Waals surface area contributed by atoms with E-state index in [1.165, 1.54) is 0 Å². The Kier molecular flexibility index (Phi) is 5.92. The minimum atomic E-state index is -0.260. The Hall–Kier alpha value is -4.24. The Labute approximate surface area is 196 Å². The average molecular weight is 457 g/mol. The highest BCUT2D eigenvalue weighted by atomic mass is 16.5. The van der Waals surface area contributed by atoms with Gasteiger partial charge in [-0.05, 0) is 36.8 Å². The molecular weight excluding hydrogens is 432 g/mol. The molecule has 172 valence electrons. The van der Waals surface area contributed by atoms with E-state index >= 15 is 0 Å². The number of pyridine rings is 2. The van der Waals surface area contributed by atoms with E-state index in [2.05, 4.69) is 20.4 Å². The number of fused-ring (bicyclic) bond motifs is 2. The first kappa shape index (κ1) is 21.6. The van der Waals surface area contributed by atoms with Crippen molar-refractivity contribution in [2.45, 2.75) is 13.5 Å². The smallest absolute Gasteiger partial charge is 0.274 e. The molecule has 0 atom stereocenters. The Balaban J connectivity index is 1.38. The predicted molar refractivity (Wildman–Crippen MR) is 128 cm³/mol. The van der Waals surface area contributed by atoms with E-state index in [1.54, 1.807) is 48.4 Å². The summed E-state index contributed by atoms with van der Waals surface area (Å²) in [5, 5.41) is 8.42. The van der Waals surface area contributed by atoms with Crippen molar-refractivity contribution in [2.75, 3.05) is 25.6 Å². The van der Waals surface area contributed by atoms with Gasteiger partial charge >= 0.3 is 0 Å². The molecule has 0 radical (unpaired) electrons. The second kappa shape index (κ2) is 9.32. The zero-order valence-corrected chi connectivity index (χ0v) is 18.9. The molecule has 5 aromatic rings. The van der Waals surface area contributed by atoms with Gasteiger partial charge in [-0.1, -0.05) is 12.1 Å². The highest BCUT2D eigenvalue weighted by Gasteiger charge is 2.16. The Bertz CT molecular complexity index is 1470. The molecule has 1 aromatic carbocycles. The number of aryl methyl sites for hydroxylation is 1. The SMILES string of the molecule is COCCOc1ccn2c(C(=O)Nc3cccc4c3cnn4Cc3cccnc3C)cnc2c1. The van der Waals surface area contributed by atoms with Crippen LogP contribution < -0.4 is 10.1 Å². The van der Waals surface area contributed by atoms with Crippen molar-refractivity contribution >= 4 is 28.1 Å². The lowest BCUT2D eigenvalue weighted by molar-refractivity contribution is 0.102. The van der Waals surface area contributed by atoms with E-state index in [9.17, 15) is 4.79 Å². The van der Waals surface area contributed by atoms with Crippen LogP contribution in [0.1, 0.15) is 21.7 Å². The van der Waals surface area contributed by atoms with Crippen LogP contribution >= 0.6 is 0 Å². The largest absolute Gasteiger partial charge is 0.491 e. The maximum Gasteiger partial charge on any atom is 0.274 e.